The van der Waals surface area contributed by atoms with E-state index in [1.165, 1.54) is 0 Å². The molecule has 4 N–H and O–H groups in total. The van der Waals surface area contributed by atoms with Gasteiger partial charge in [0.05, 0.1) is 17.8 Å². The van der Waals surface area contributed by atoms with E-state index in [1.54, 1.807) is 0 Å². The zero-order chi connectivity index (χ0) is 15.7. The van der Waals surface area contributed by atoms with Crippen molar-refractivity contribution in [3.05, 3.63) is 23.8 Å². The molecule has 0 amide bonds. The maximum Gasteiger partial charge on any atom is 0.244 e. The fraction of sp³-hybridized carbons (Fsp3) is 0.500. The minimum atomic E-state index is -4.29. The number of aliphatic hydroxyl groups excluding tert-OH is 1. The van der Waals surface area contributed by atoms with Crippen molar-refractivity contribution in [1.29, 1.82) is 0 Å². The molecule has 1 aliphatic heterocycles. The smallest absolute Gasteiger partial charge is 0.244 e. The van der Waals surface area contributed by atoms with E-state index in [2.05, 4.69) is 4.72 Å². The average Bonchev–Trinajstić information content (AvgIpc) is 2.43. The van der Waals surface area contributed by atoms with Gasteiger partial charge in [-0.15, -0.1) is 0 Å². The van der Waals surface area contributed by atoms with Gasteiger partial charge in [-0.3, -0.25) is 0 Å². The Morgan fingerprint density at radius 1 is 1.29 bits per heavy atom. The molecule has 1 aliphatic rings. The third-order valence-corrected chi connectivity index (χ3v) is 5.04. The maximum absolute atomic E-state index is 13.7. The molecule has 118 valence electrons. The first-order valence-corrected chi connectivity index (χ1v) is 7.75. The first-order chi connectivity index (χ1) is 9.80. The van der Waals surface area contributed by atoms with Crippen molar-refractivity contribution in [1.82, 2.24) is 4.72 Å². The summed E-state index contributed by atoms with van der Waals surface area (Å²) in [6.07, 6.45) is 0.502. The van der Waals surface area contributed by atoms with E-state index in [0.29, 0.717) is 6.07 Å². The first kappa shape index (κ1) is 16.1. The van der Waals surface area contributed by atoms with Gasteiger partial charge in [0, 0.05) is 19.3 Å². The summed E-state index contributed by atoms with van der Waals surface area (Å²) in [6.45, 7) is 0.0993. The van der Waals surface area contributed by atoms with Crippen molar-refractivity contribution in [3.8, 4) is 0 Å². The fourth-order valence-electron chi connectivity index (χ4n) is 2.15. The lowest BCUT2D eigenvalue weighted by Crippen LogP contribution is -2.54. The lowest BCUT2D eigenvalue weighted by molar-refractivity contribution is 0.0222. The van der Waals surface area contributed by atoms with Gasteiger partial charge in [0.15, 0.2) is 0 Å². The molecule has 0 radical (unpaired) electrons. The minimum absolute atomic E-state index is 0.251. The number of nitrogens with two attached hydrogens (primary N) is 1. The molecule has 0 bridgehead atoms. The second-order valence-electron chi connectivity index (χ2n) is 4.96. The number of hydrogen-bond donors (Lipinski definition) is 3. The highest BCUT2D eigenvalue weighted by Gasteiger charge is 2.37. The number of nitrogen functional groups attached to an aromatic ring is 1. The highest BCUT2D eigenvalue weighted by Crippen LogP contribution is 2.26. The van der Waals surface area contributed by atoms with Gasteiger partial charge in [-0.1, -0.05) is 0 Å². The van der Waals surface area contributed by atoms with Crippen molar-refractivity contribution in [3.63, 3.8) is 0 Å². The summed E-state index contributed by atoms with van der Waals surface area (Å²) in [5.41, 5.74) is 3.69. The molecular formula is C12H16F2N2O4S. The normalized spacial score (nSPS) is 18.6. The maximum atomic E-state index is 13.7. The number of sulfonamides is 1. The van der Waals surface area contributed by atoms with Crippen molar-refractivity contribution in [2.75, 3.05) is 25.6 Å². The van der Waals surface area contributed by atoms with Gasteiger partial charge in [0.25, 0.3) is 0 Å². The highest BCUT2D eigenvalue weighted by molar-refractivity contribution is 7.89. The molecule has 6 nitrogen and oxygen atoms in total. The molecule has 0 aromatic heterocycles. The van der Waals surface area contributed by atoms with Gasteiger partial charge in [-0.2, -0.15) is 0 Å². The van der Waals surface area contributed by atoms with Gasteiger partial charge in [-0.25, -0.2) is 21.9 Å². The number of benzene rings is 1. The molecule has 2 rings (SSSR count). The molecule has 0 unspecified atom stereocenters. The molecule has 21 heavy (non-hydrogen) atoms. The number of anilines is 1. The Hall–Kier alpha value is -1.29. The summed E-state index contributed by atoms with van der Waals surface area (Å²) in [4.78, 5) is -0.749. The third kappa shape index (κ3) is 3.31. The average molecular weight is 322 g/mol. The van der Waals surface area contributed by atoms with Gasteiger partial charge in [0.1, 0.15) is 16.5 Å². The molecule has 1 saturated heterocycles. The van der Waals surface area contributed by atoms with Crippen LogP contribution in [0.2, 0.25) is 0 Å². The SMILES string of the molecule is Nc1cc(S(=O)(=O)NC2(CO)CCOCC2)c(F)cc1F. The van der Waals surface area contributed by atoms with E-state index in [4.69, 9.17) is 10.5 Å². The van der Waals surface area contributed by atoms with Crippen LogP contribution in [-0.2, 0) is 14.8 Å². The zero-order valence-electron chi connectivity index (χ0n) is 11.1. The van der Waals surface area contributed by atoms with Crippen LogP contribution in [-0.4, -0.2) is 38.9 Å². The topological polar surface area (TPSA) is 102 Å². The van der Waals surface area contributed by atoms with Crippen LogP contribution in [0.4, 0.5) is 14.5 Å². The largest absolute Gasteiger partial charge is 0.396 e. The molecule has 0 atom stereocenters. The number of nitrogens with one attached hydrogen (secondary N) is 1. The Morgan fingerprint density at radius 2 is 1.90 bits per heavy atom. The number of hydrogen-bond acceptors (Lipinski definition) is 5. The van der Waals surface area contributed by atoms with Gasteiger partial charge < -0.3 is 15.6 Å². The summed E-state index contributed by atoms with van der Waals surface area (Å²) in [5, 5.41) is 9.46. The van der Waals surface area contributed by atoms with Crippen molar-refractivity contribution in [2.45, 2.75) is 23.3 Å². The Labute approximate surface area is 121 Å². The van der Waals surface area contributed by atoms with Crippen LogP contribution in [0.25, 0.3) is 0 Å². The predicted molar refractivity (Wildman–Crippen MR) is 71.0 cm³/mol. The van der Waals surface area contributed by atoms with E-state index in [0.717, 1.165) is 6.07 Å². The Bertz CT molecular complexity index is 630. The van der Waals surface area contributed by atoms with Crippen molar-refractivity contribution >= 4 is 15.7 Å². The molecule has 1 aromatic carbocycles. The molecule has 9 heteroatoms. The van der Waals surface area contributed by atoms with Gasteiger partial charge in [-0.05, 0) is 18.9 Å². The number of halogens is 2. The highest BCUT2D eigenvalue weighted by atomic mass is 32.2. The summed E-state index contributed by atoms with van der Waals surface area (Å²) in [5.74, 6) is -2.27. The van der Waals surface area contributed by atoms with Crippen LogP contribution in [0.15, 0.2) is 17.0 Å². The van der Waals surface area contributed by atoms with Crippen molar-refractivity contribution in [2.24, 2.45) is 0 Å². The van der Waals surface area contributed by atoms with E-state index in [1.807, 2.05) is 0 Å². The minimum Gasteiger partial charge on any atom is -0.396 e. The standard InChI is InChI=1S/C12H16F2N2O4S/c13-8-5-9(14)11(6-10(8)15)21(18,19)16-12(7-17)1-3-20-4-2-12/h5-6,16-17H,1-4,7,15H2. The van der Waals surface area contributed by atoms with E-state index < -0.39 is 44.4 Å². The Kier molecular flexibility index (Phi) is 4.47. The Morgan fingerprint density at radius 3 is 2.48 bits per heavy atom. The fourth-order valence-corrected chi connectivity index (χ4v) is 3.69. The summed E-state index contributed by atoms with van der Waals surface area (Å²) in [7, 11) is -4.29. The van der Waals surface area contributed by atoms with Crippen LogP contribution >= 0.6 is 0 Å². The second-order valence-corrected chi connectivity index (χ2v) is 6.61. The van der Waals surface area contributed by atoms with E-state index >= 15 is 0 Å². The van der Waals surface area contributed by atoms with Crippen LogP contribution in [0, 0.1) is 11.6 Å². The van der Waals surface area contributed by atoms with Crippen molar-refractivity contribution < 1.29 is 27.0 Å². The first-order valence-electron chi connectivity index (χ1n) is 6.27. The zero-order valence-corrected chi connectivity index (χ0v) is 11.9. The van der Waals surface area contributed by atoms with Gasteiger partial charge >= 0.3 is 0 Å². The third-order valence-electron chi connectivity index (χ3n) is 3.44. The number of rotatable bonds is 4. The summed E-state index contributed by atoms with van der Waals surface area (Å²) < 4.78 is 58.8. The van der Waals surface area contributed by atoms with E-state index in [9.17, 15) is 22.3 Å². The monoisotopic (exact) mass is 322 g/mol. The van der Waals surface area contributed by atoms with E-state index in [-0.39, 0.29) is 26.1 Å². The molecule has 1 aromatic rings. The molecular weight excluding hydrogens is 306 g/mol. The summed E-state index contributed by atoms with van der Waals surface area (Å²) >= 11 is 0. The molecule has 1 heterocycles. The quantitative estimate of drug-likeness (QED) is 0.695. The Balaban J connectivity index is 2.36. The summed E-state index contributed by atoms with van der Waals surface area (Å²) in [6, 6.07) is 1.14. The molecule has 0 saturated carbocycles. The number of ether oxygens (including phenoxy) is 1. The predicted octanol–water partition coefficient (Wildman–Crippen LogP) is 0.367. The molecule has 0 spiro atoms. The lowest BCUT2D eigenvalue weighted by atomic mass is 9.93. The van der Waals surface area contributed by atoms with Gasteiger partial charge in [0.2, 0.25) is 10.0 Å². The number of aliphatic hydroxyl groups is 1. The van der Waals surface area contributed by atoms with Crippen LogP contribution < -0.4 is 10.5 Å². The lowest BCUT2D eigenvalue weighted by Gasteiger charge is -2.35. The molecule has 1 fully saturated rings. The van der Waals surface area contributed by atoms with Crippen LogP contribution in [0.1, 0.15) is 12.8 Å². The van der Waals surface area contributed by atoms with Crippen LogP contribution in [0.5, 0.6) is 0 Å². The second kappa shape index (κ2) is 5.84. The van der Waals surface area contributed by atoms with Crippen LogP contribution in [0.3, 0.4) is 0 Å². The molecule has 0 aliphatic carbocycles.